The summed E-state index contributed by atoms with van der Waals surface area (Å²) < 4.78 is 0. The van der Waals surface area contributed by atoms with Crippen LogP contribution in [0.1, 0.15) is 19.2 Å². The molecule has 0 bridgehead atoms. The van der Waals surface area contributed by atoms with Crippen LogP contribution in [0.15, 0.2) is 12.4 Å². The van der Waals surface area contributed by atoms with Gasteiger partial charge in [-0.25, -0.2) is 4.98 Å². The molecule has 1 aliphatic rings. The molecule has 0 spiro atoms. The fourth-order valence-corrected chi connectivity index (χ4v) is 2.24. The fraction of sp³-hybridized carbons (Fsp3) is 0.583. The second-order valence-electron chi connectivity index (χ2n) is 4.56. The Morgan fingerprint density at radius 3 is 3.00 bits per heavy atom. The lowest BCUT2D eigenvalue weighted by Crippen LogP contribution is -2.34. The van der Waals surface area contributed by atoms with Crippen molar-refractivity contribution in [2.45, 2.75) is 19.9 Å². The van der Waals surface area contributed by atoms with Crippen LogP contribution in [0.2, 0.25) is 0 Å². The van der Waals surface area contributed by atoms with Gasteiger partial charge in [0.2, 0.25) is 11.8 Å². The van der Waals surface area contributed by atoms with Crippen molar-refractivity contribution in [3.63, 3.8) is 0 Å². The van der Waals surface area contributed by atoms with E-state index in [0.717, 1.165) is 5.82 Å². The number of imidazole rings is 1. The quantitative estimate of drug-likeness (QED) is 0.832. The van der Waals surface area contributed by atoms with Gasteiger partial charge >= 0.3 is 0 Å². The maximum absolute atomic E-state index is 12.2. The second kappa shape index (κ2) is 5.20. The van der Waals surface area contributed by atoms with Gasteiger partial charge in [-0.2, -0.15) is 0 Å². The number of hydrogen-bond acceptors (Lipinski definition) is 3. The van der Waals surface area contributed by atoms with Crippen molar-refractivity contribution in [2.75, 3.05) is 20.1 Å². The fourth-order valence-electron chi connectivity index (χ4n) is 2.24. The minimum absolute atomic E-state index is 0.00991. The molecular formula is C12H18N4O2. The molecule has 2 amide bonds. The predicted molar refractivity (Wildman–Crippen MR) is 65.4 cm³/mol. The molecule has 1 aromatic heterocycles. The van der Waals surface area contributed by atoms with Crippen LogP contribution < -0.4 is 0 Å². The largest absolute Gasteiger partial charge is 0.347 e. The zero-order chi connectivity index (χ0) is 13.1. The predicted octanol–water partition coefficient (Wildman–Crippen LogP) is 0.236. The van der Waals surface area contributed by atoms with E-state index in [1.54, 1.807) is 29.2 Å². The maximum Gasteiger partial charge on any atom is 0.228 e. The summed E-state index contributed by atoms with van der Waals surface area (Å²) in [5, 5.41) is 0. The van der Waals surface area contributed by atoms with E-state index in [-0.39, 0.29) is 17.7 Å². The van der Waals surface area contributed by atoms with Gasteiger partial charge in [-0.15, -0.1) is 0 Å². The summed E-state index contributed by atoms with van der Waals surface area (Å²) in [7, 11) is 1.74. The number of likely N-dealkylation sites (tertiary alicyclic amines) is 1. The summed E-state index contributed by atoms with van der Waals surface area (Å²) in [5.41, 5.74) is 0. The molecule has 1 atom stereocenters. The van der Waals surface area contributed by atoms with Crippen LogP contribution in [0.5, 0.6) is 0 Å². The Kier molecular flexibility index (Phi) is 3.64. The lowest BCUT2D eigenvalue weighted by atomic mass is 10.1. The zero-order valence-corrected chi connectivity index (χ0v) is 10.7. The molecule has 1 aliphatic heterocycles. The molecular weight excluding hydrogens is 232 g/mol. The Morgan fingerprint density at radius 2 is 2.44 bits per heavy atom. The number of rotatable bonds is 4. The maximum atomic E-state index is 12.2. The van der Waals surface area contributed by atoms with E-state index in [9.17, 15) is 9.59 Å². The third-order valence-electron chi connectivity index (χ3n) is 3.26. The zero-order valence-electron chi connectivity index (χ0n) is 10.7. The number of H-pyrrole nitrogens is 1. The number of hydrogen-bond donors (Lipinski definition) is 1. The van der Waals surface area contributed by atoms with Crippen molar-refractivity contribution in [1.82, 2.24) is 19.8 Å². The number of carbonyl (C=O) groups is 2. The van der Waals surface area contributed by atoms with Crippen LogP contribution in [-0.2, 0) is 16.1 Å². The van der Waals surface area contributed by atoms with Crippen molar-refractivity contribution >= 4 is 11.8 Å². The molecule has 18 heavy (non-hydrogen) atoms. The van der Waals surface area contributed by atoms with Gasteiger partial charge in [0.05, 0.1) is 12.5 Å². The third-order valence-corrected chi connectivity index (χ3v) is 3.26. The molecule has 6 nitrogen and oxygen atoms in total. The SMILES string of the molecule is CCN1CC(C(=O)N(C)Cc2ncc[nH]2)CC1=O. The molecule has 1 saturated heterocycles. The smallest absolute Gasteiger partial charge is 0.228 e. The summed E-state index contributed by atoms with van der Waals surface area (Å²) >= 11 is 0. The van der Waals surface area contributed by atoms with Gasteiger partial charge in [-0.05, 0) is 6.92 Å². The van der Waals surface area contributed by atoms with Crippen molar-refractivity contribution < 1.29 is 9.59 Å². The average Bonchev–Trinajstić information content (AvgIpc) is 2.97. The van der Waals surface area contributed by atoms with Crippen LogP contribution in [0.25, 0.3) is 0 Å². The van der Waals surface area contributed by atoms with Crippen LogP contribution in [0.4, 0.5) is 0 Å². The molecule has 0 aliphatic carbocycles. The standard InChI is InChI=1S/C12H18N4O2/c1-3-16-7-9(6-11(16)17)12(18)15(2)8-10-13-4-5-14-10/h4-5,9H,3,6-8H2,1-2H3,(H,13,14). The molecule has 1 aromatic rings. The Morgan fingerprint density at radius 1 is 1.67 bits per heavy atom. The van der Waals surface area contributed by atoms with Gasteiger partial charge in [-0.1, -0.05) is 0 Å². The molecule has 2 heterocycles. The summed E-state index contributed by atoms with van der Waals surface area (Å²) in [4.78, 5) is 34.2. The first kappa shape index (κ1) is 12.6. The van der Waals surface area contributed by atoms with Crippen LogP contribution in [0, 0.1) is 5.92 Å². The molecule has 0 aromatic carbocycles. The molecule has 1 fully saturated rings. The van der Waals surface area contributed by atoms with Gasteiger partial charge in [0.1, 0.15) is 5.82 Å². The Bertz CT molecular complexity index is 429. The van der Waals surface area contributed by atoms with Crippen molar-refractivity contribution in [1.29, 1.82) is 0 Å². The summed E-state index contributed by atoms with van der Waals surface area (Å²) in [6.07, 6.45) is 3.71. The molecule has 1 N–H and O–H groups in total. The minimum atomic E-state index is -0.211. The Balaban J connectivity index is 1.93. The van der Waals surface area contributed by atoms with E-state index in [2.05, 4.69) is 9.97 Å². The van der Waals surface area contributed by atoms with Gasteiger partial charge in [-0.3, -0.25) is 9.59 Å². The number of aromatic amines is 1. The lowest BCUT2D eigenvalue weighted by Gasteiger charge is -2.20. The first-order valence-electron chi connectivity index (χ1n) is 6.12. The molecule has 0 radical (unpaired) electrons. The van der Waals surface area contributed by atoms with E-state index in [1.165, 1.54) is 0 Å². The molecule has 6 heteroatoms. The van der Waals surface area contributed by atoms with Crippen molar-refractivity contribution in [3.8, 4) is 0 Å². The first-order chi connectivity index (χ1) is 8.61. The number of amides is 2. The lowest BCUT2D eigenvalue weighted by molar-refractivity contribution is -0.135. The Hall–Kier alpha value is -1.85. The summed E-state index contributed by atoms with van der Waals surface area (Å²) in [6.45, 7) is 3.58. The first-order valence-corrected chi connectivity index (χ1v) is 6.12. The number of aromatic nitrogens is 2. The summed E-state index contributed by atoms with van der Waals surface area (Å²) in [5.74, 6) is 0.623. The molecule has 0 saturated carbocycles. The number of nitrogens with zero attached hydrogens (tertiary/aromatic N) is 3. The van der Waals surface area contributed by atoms with E-state index in [1.807, 2.05) is 6.92 Å². The van der Waals surface area contributed by atoms with Crippen LogP contribution in [0.3, 0.4) is 0 Å². The Labute approximate surface area is 106 Å². The molecule has 1 unspecified atom stereocenters. The normalized spacial score (nSPS) is 19.3. The van der Waals surface area contributed by atoms with Crippen molar-refractivity contribution in [3.05, 3.63) is 18.2 Å². The average molecular weight is 250 g/mol. The monoisotopic (exact) mass is 250 g/mol. The molecule has 98 valence electrons. The molecule has 2 rings (SSSR count). The van der Waals surface area contributed by atoms with Gasteiger partial charge in [0.25, 0.3) is 0 Å². The van der Waals surface area contributed by atoms with E-state index < -0.39 is 0 Å². The second-order valence-corrected chi connectivity index (χ2v) is 4.56. The minimum Gasteiger partial charge on any atom is -0.347 e. The van der Waals surface area contributed by atoms with Gasteiger partial charge < -0.3 is 14.8 Å². The number of nitrogens with one attached hydrogen (secondary N) is 1. The van der Waals surface area contributed by atoms with E-state index in [4.69, 9.17) is 0 Å². The highest BCUT2D eigenvalue weighted by Crippen LogP contribution is 2.19. The van der Waals surface area contributed by atoms with Gasteiger partial charge in [0.15, 0.2) is 0 Å². The van der Waals surface area contributed by atoms with E-state index in [0.29, 0.717) is 26.1 Å². The third kappa shape index (κ3) is 2.52. The van der Waals surface area contributed by atoms with Gasteiger partial charge in [0, 0.05) is 39.0 Å². The highest BCUT2D eigenvalue weighted by Gasteiger charge is 2.34. The topological polar surface area (TPSA) is 69.3 Å². The van der Waals surface area contributed by atoms with Crippen LogP contribution >= 0.6 is 0 Å². The van der Waals surface area contributed by atoms with E-state index >= 15 is 0 Å². The highest BCUT2D eigenvalue weighted by molar-refractivity contribution is 5.89. The number of carbonyl (C=O) groups excluding carboxylic acids is 2. The highest BCUT2D eigenvalue weighted by atomic mass is 16.2. The van der Waals surface area contributed by atoms with Crippen LogP contribution in [-0.4, -0.2) is 51.7 Å². The van der Waals surface area contributed by atoms with Crippen molar-refractivity contribution in [2.24, 2.45) is 5.92 Å². The summed E-state index contributed by atoms with van der Waals surface area (Å²) in [6, 6.07) is 0.